The van der Waals surface area contributed by atoms with E-state index in [1.807, 2.05) is 0 Å². The van der Waals surface area contributed by atoms with Crippen LogP contribution in [0.2, 0.25) is 0 Å². The molecule has 1 aromatic carbocycles. The molecule has 0 amide bonds. The lowest BCUT2D eigenvalue weighted by Gasteiger charge is -1.98. The fourth-order valence-electron chi connectivity index (χ4n) is 0.856. The summed E-state index contributed by atoms with van der Waals surface area (Å²) in [6.45, 7) is 0. The molecule has 82 valence electrons. The van der Waals surface area contributed by atoms with Crippen LogP contribution in [0.4, 0.5) is 0 Å². The molecule has 15 heavy (non-hydrogen) atoms. The number of benzene rings is 1. The van der Waals surface area contributed by atoms with Crippen molar-refractivity contribution in [2.75, 3.05) is 14.2 Å². The summed E-state index contributed by atoms with van der Waals surface area (Å²) in [7, 11) is 3.25. The third-order valence-electron chi connectivity index (χ3n) is 1.39. The highest BCUT2D eigenvalue weighted by atomic mass is 16.4. The van der Waals surface area contributed by atoms with Crippen LogP contribution in [-0.4, -0.2) is 36.4 Å². The summed E-state index contributed by atoms with van der Waals surface area (Å²) in [6.07, 6.45) is 0. The highest BCUT2D eigenvalue weighted by Gasteiger charge is 2.13. The third kappa shape index (κ3) is 4.24. The molecule has 0 radical (unpaired) electrons. The van der Waals surface area contributed by atoms with Gasteiger partial charge < -0.3 is 14.9 Å². The van der Waals surface area contributed by atoms with Gasteiger partial charge >= 0.3 is 11.9 Å². The zero-order valence-corrected chi connectivity index (χ0v) is 8.43. The van der Waals surface area contributed by atoms with Gasteiger partial charge in [0.25, 0.3) is 0 Å². The van der Waals surface area contributed by atoms with Crippen LogP contribution in [0.1, 0.15) is 20.7 Å². The summed E-state index contributed by atoms with van der Waals surface area (Å²) >= 11 is 0. The average molecular weight is 212 g/mol. The second-order valence-corrected chi connectivity index (χ2v) is 2.56. The maximum Gasteiger partial charge on any atom is 0.336 e. The Morgan fingerprint density at radius 1 is 1.00 bits per heavy atom. The van der Waals surface area contributed by atoms with E-state index in [0.29, 0.717) is 0 Å². The second-order valence-electron chi connectivity index (χ2n) is 2.56. The maximum atomic E-state index is 10.5. The topological polar surface area (TPSA) is 83.8 Å². The largest absolute Gasteiger partial charge is 0.478 e. The molecule has 0 fully saturated rings. The normalized spacial score (nSPS) is 8.67. The number of carboxylic acids is 2. The molecular weight excluding hydrogens is 200 g/mol. The molecule has 0 aromatic heterocycles. The monoisotopic (exact) mass is 212 g/mol. The first kappa shape index (κ1) is 13.1. The number of ether oxygens (including phenoxy) is 1. The molecule has 5 heteroatoms. The molecule has 2 N–H and O–H groups in total. The standard InChI is InChI=1S/C8H6O4.C2H6O/c9-7(10)5-3-1-2-4-6(5)8(11)12;1-3-2/h1-4H,(H,9,10)(H,11,12);1-2H3. The number of carbonyl (C=O) groups is 2. The molecule has 1 rings (SSSR count). The van der Waals surface area contributed by atoms with Gasteiger partial charge in [0.15, 0.2) is 0 Å². The van der Waals surface area contributed by atoms with Crippen molar-refractivity contribution in [2.45, 2.75) is 0 Å². The van der Waals surface area contributed by atoms with Gasteiger partial charge in [0, 0.05) is 14.2 Å². The first-order chi connectivity index (χ1) is 7.04. The molecular formula is C10H12O5. The summed E-state index contributed by atoms with van der Waals surface area (Å²) < 4.78 is 4.25. The van der Waals surface area contributed by atoms with Crippen molar-refractivity contribution in [1.82, 2.24) is 0 Å². The first-order valence-electron chi connectivity index (χ1n) is 4.00. The second kappa shape index (κ2) is 6.56. The Hall–Kier alpha value is -1.88. The van der Waals surface area contributed by atoms with E-state index < -0.39 is 11.9 Å². The first-order valence-corrected chi connectivity index (χ1v) is 4.00. The van der Waals surface area contributed by atoms with Crippen molar-refractivity contribution >= 4 is 11.9 Å². The van der Waals surface area contributed by atoms with E-state index in [0.717, 1.165) is 0 Å². The Morgan fingerprint density at radius 2 is 1.27 bits per heavy atom. The molecule has 0 atom stereocenters. The van der Waals surface area contributed by atoms with E-state index in [1.165, 1.54) is 24.3 Å². The van der Waals surface area contributed by atoms with Gasteiger partial charge in [0.2, 0.25) is 0 Å². The summed E-state index contributed by atoms with van der Waals surface area (Å²) in [5, 5.41) is 17.1. The Balaban J connectivity index is 0.000000583. The van der Waals surface area contributed by atoms with Gasteiger partial charge in [-0.25, -0.2) is 9.59 Å². The molecule has 0 spiro atoms. The van der Waals surface area contributed by atoms with Gasteiger partial charge in [-0.05, 0) is 12.1 Å². The molecule has 0 unspecified atom stereocenters. The molecule has 0 saturated heterocycles. The summed E-state index contributed by atoms with van der Waals surface area (Å²) in [5.74, 6) is -2.46. The Kier molecular flexibility index (Phi) is 5.73. The molecule has 0 aliphatic carbocycles. The Bertz CT molecular complexity index is 312. The van der Waals surface area contributed by atoms with Gasteiger partial charge in [-0.1, -0.05) is 12.1 Å². The van der Waals surface area contributed by atoms with Crippen molar-refractivity contribution < 1.29 is 24.5 Å². The van der Waals surface area contributed by atoms with Crippen molar-refractivity contribution in [3.63, 3.8) is 0 Å². The predicted octanol–water partition coefficient (Wildman–Crippen LogP) is 1.35. The van der Waals surface area contributed by atoms with Gasteiger partial charge in [0.1, 0.15) is 0 Å². The lowest BCUT2D eigenvalue weighted by atomic mass is 10.1. The number of hydrogen-bond acceptors (Lipinski definition) is 3. The van der Waals surface area contributed by atoms with Crippen LogP contribution in [0.25, 0.3) is 0 Å². The van der Waals surface area contributed by atoms with Gasteiger partial charge in [0.05, 0.1) is 11.1 Å². The van der Waals surface area contributed by atoms with Gasteiger partial charge in [-0.15, -0.1) is 0 Å². The Labute approximate surface area is 86.9 Å². The highest BCUT2D eigenvalue weighted by molar-refractivity contribution is 6.01. The van der Waals surface area contributed by atoms with Crippen LogP contribution in [0.3, 0.4) is 0 Å². The quantitative estimate of drug-likeness (QED) is 0.772. The van der Waals surface area contributed by atoms with Crippen molar-refractivity contribution in [1.29, 1.82) is 0 Å². The summed E-state index contributed by atoms with van der Waals surface area (Å²) in [6, 6.07) is 5.48. The number of aromatic carboxylic acids is 2. The third-order valence-corrected chi connectivity index (χ3v) is 1.39. The summed E-state index contributed by atoms with van der Waals surface area (Å²) in [4.78, 5) is 20.9. The van der Waals surface area contributed by atoms with Gasteiger partial charge in [-0.2, -0.15) is 0 Å². The van der Waals surface area contributed by atoms with Crippen LogP contribution in [0.5, 0.6) is 0 Å². The van der Waals surface area contributed by atoms with E-state index in [9.17, 15) is 9.59 Å². The maximum absolute atomic E-state index is 10.5. The lowest BCUT2D eigenvalue weighted by Crippen LogP contribution is -2.06. The number of carboxylic acid groups (broad SMARTS) is 2. The van der Waals surface area contributed by atoms with E-state index in [-0.39, 0.29) is 11.1 Å². The zero-order valence-electron chi connectivity index (χ0n) is 8.43. The Morgan fingerprint density at radius 3 is 1.47 bits per heavy atom. The smallest absolute Gasteiger partial charge is 0.336 e. The summed E-state index contributed by atoms with van der Waals surface area (Å²) in [5.41, 5.74) is -0.380. The van der Waals surface area contributed by atoms with E-state index in [2.05, 4.69) is 4.74 Å². The molecule has 0 aliphatic heterocycles. The molecule has 5 nitrogen and oxygen atoms in total. The fraction of sp³-hybridized carbons (Fsp3) is 0.200. The van der Waals surface area contributed by atoms with Crippen molar-refractivity contribution in [2.24, 2.45) is 0 Å². The predicted molar refractivity (Wildman–Crippen MR) is 53.3 cm³/mol. The minimum Gasteiger partial charge on any atom is -0.478 e. The fourth-order valence-corrected chi connectivity index (χ4v) is 0.856. The van der Waals surface area contributed by atoms with Crippen molar-refractivity contribution in [3.8, 4) is 0 Å². The molecule has 1 aromatic rings. The van der Waals surface area contributed by atoms with Crippen molar-refractivity contribution in [3.05, 3.63) is 35.4 Å². The number of methoxy groups -OCH3 is 1. The minimum absolute atomic E-state index is 0.190. The number of hydrogen-bond donors (Lipinski definition) is 2. The molecule has 0 saturated carbocycles. The lowest BCUT2D eigenvalue weighted by molar-refractivity contribution is 0.0651. The minimum atomic E-state index is -1.23. The number of rotatable bonds is 2. The van der Waals surface area contributed by atoms with Gasteiger partial charge in [-0.3, -0.25) is 0 Å². The average Bonchev–Trinajstić information content (AvgIpc) is 2.19. The highest BCUT2D eigenvalue weighted by Crippen LogP contribution is 2.07. The van der Waals surface area contributed by atoms with Crippen LogP contribution in [-0.2, 0) is 4.74 Å². The molecule has 0 heterocycles. The van der Waals surface area contributed by atoms with E-state index in [4.69, 9.17) is 10.2 Å². The van der Waals surface area contributed by atoms with Crippen LogP contribution in [0, 0.1) is 0 Å². The van der Waals surface area contributed by atoms with Crippen LogP contribution in [0.15, 0.2) is 24.3 Å². The van der Waals surface area contributed by atoms with E-state index in [1.54, 1.807) is 14.2 Å². The molecule has 0 bridgehead atoms. The van der Waals surface area contributed by atoms with Crippen LogP contribution < -0.4 is 0 Å². The SMILES string of the molecule is COC.O=C(O)c1ccccc1C(=O)O. The van der Waals surface area contributed by atoms with E-state index >= 15 is 0 Å². The molecule has 0 aliphatic rings. The van der Waals surface area contributed by atoms with Crippen LogP contribution >= 0.6 is 0 Å². The zero-order chi connectivity index (χ0) is 11.8.